The Balaban J connectivity index is 1.56. The van der Waals surface area contributed by atoms with Gasteiger partial charge in [-0.1, -0.05) is 27.5 Å². The first-order valence-electron chi connectivity index (χ1n) is 9.33. The van der Waals surface area contributed by atoms with Gasteiger partial charge in [0.2, 0.25) is 0 Å². The van der Waals surface area contributed by atoms with E-state index in [-0.39, 0.29) is 0 Å². The van der Waals surface area contributed by atoms with E-state index < -0.39 is 0 Å². The summed E-state index contributed by atoms with van der Waals surface area (Å²) >= 11 is 9.95. The maximum absolute atomic E-state index is 6.37. The monoisotopic (exact) mass is 462 g/mol. The second kappa shape index (κ2) is 7.26. The van der Waals surface area contributed by atoms with Gasteiger partial charge in [-0.25, -0.2) is 14.6 Å². The van der Waals surface area contributed by atoms with Crippen LogP contribution in [0.1, 0.15) is 24.4 Å². The van der Waals surface area contributed by atoms with Crippen LogP contribution in [0.2, 0.25) is 5.15 Å². The van der Waals surface area contributed by atoms with Gasteiger partial charge in [-0.2, -0.15) is 5.10 Å². The zero-order valence-corrected chi connectivity index (χ0v) is 17.8. The van der Waals surface area contributed by atoms with Crippen molar-refractivity contribution in [1.29, 1.82) is 0 Å². The highest BCUT2D eigenvalue weighted by atomic mass is 79.9. The fraction of sp³-hybridized carbons (Fsp3) is 0.421. The van der Waals surface area contributed by atoms with Gasteiger partial charge in [0.15, 0.2) is 16.8 Å². The van der Waals surface area contributed by atoms with Gasteiger partial charge in [-0.15, -0.1) is 0 Å². The van der Waals surface area contributed by atoms with Crippen molar-refractivity contribution < 1.29 is 4.74 Å². The number of halogens is 2. The Bertz CT molecular complexity index is 1030. The third-order valence-electron chi connectivity index (χ3n) is 5.49. The smallest absolute Gasteiger partial charge is 0.165 e. The van der Waals surface area contributed by atoms with Crippen LogP contribution in [0.5, 0.6) is 0 Å². The molecule has 0 amide bonds. The standard InChI is InChI=1S/C19H20BrClN6O/c1-28-10-13-3-2-6-25(13)9-17-23-19-14-7-12(20)4-5-15(14)26-11-22-18(21)16(26)8-27(19)24-17/h4-5,7,11,13H,2-3,6,8-10H2,1H3/t13-/m0/s1. The molecule has 0 aliphatic carbocycles. The number of methoxy groups -OCH3 is 1. The van der Waals surface area contributed by atoms with Crippen molar-refractivity contribution in [3.05, 3.63) is 45.7 Å². The third kappa shape index (κ3) is 3.08. The largest absolute Gasteiger partial charge is 0.383 e. The van der Waals surface area contributed by atoms with E-state index in [2.05, 4.69) is 37.9 Å². The lowest BCUT2D eigenvalue weighted by molar-refractivity contribution is 0.110. The number of rotatable bonds is 4. The maximum Gasteiger partial charge on any atom is 0.165 e. The quantitative estimate of drug-likeness (QED) is 0.463. The number of likely N-dealkylation sites (tertiary alicyclic amines) is 1. The minimum atomic E-state index is 0.436. The van der Waals surface area contributed by atoms with E-state index in [1.54, 1.807) is 13.4 Å². The van der Waals surface area contributed by atoms with Crippen molar-refractivity contribution in [3.8, 4) is 17.1 Å². The van der Waals surface area contributed by atoms with Crippen LogP contribution in [-0.2, 0) is 17.8 Å². The van der Waals surface area contributed by atoms with E-state index in [1.165, 1.54) is 6.42 Å². The summed E-state index contributed by atoms with van der Waals surface area (Å²) in [6, 6.07) is 6.58. The molecule has 1 aromatic carbocycles. The fourth-order valence-electron chi connectivity index (χ4n) is 4.17. The number of benzene rings is 1. The number of imidazole rings is 1. The summed E-state index contributed by atoms with van der Waals surface area (Å²) < 4.78 is 10.3. The number of aromatic nitrogens is 5. The van der Waals surface area contributed by atoms with E-state index in [4.69, 9.17) is 26.4 Å². The summed E-state index contributed by atoms with van der Waals surface area (Å²) in [6.45, 7) is 3.07. The van der Waals surface area contributed by atoms with Crippen molar-refractivity contribution >= 4 is 27.5 Å². The minimum Gasteiger partial charge on any atom is -0.383 e. The highest BCUT2D eigenvalue weighted by molar-refractivity contribution is 9.10. The maximum atomic E-state index is 6.37. The molecule has 0 radical (unpaired) electrons. The first-order valence-corrected chi connectivity index (χ1v) is 10.5. The van der Waals surface area contributed by atoms with Gasteiger partial charge < -0.3 is 4.74 Å². The summed E-state index contributed by atoms with van der Waals surface area (Å²) in [4.78, 5) is 11.6. The topological polar surface area (TPSA) is 61.0 Å². The number of fused-ring (bicyclic) bond motifs is 5. The van der Waals surface area contributed by atoms with Crippen LogP contribution in [0.3, 0.4) is 0 Å². The summed E-state index contributed by atoms with van der Waals surface area (Å²) in [5.41, 5.74) is 2.93. The molecule has 1 saturated heterocycles. The Morgan fingerprint density at radius 2 is 2.25 bits per heavy atom. The van der Waals surface area contributed by atoms with Gasteiger partial charge in [-0.3, -0.25) is 9.47 Å². The van der Waals surface area contributed by atoms with Crippen LogP contribution in [0, 0.1) is 0 Å². The lowest BCUT2D eigenvalue weighted by atomic mass is 10.1. The molecule has 0 saturated carbocycles. The average molecular weight is 464 g/mol. The first kappa shape index (κ1) is 18.3. The molecule has 0 bridgehead atoms. The van der Waals surface area contributed by atoms with Crippen molar-refractivity contribution in [2.45, 2.75) is 32.0 Å². The summed E-state index contributed by atoms with van der Waals surface area (Å²) in [7, 11) is 1.76. The van der Waals surface area contributed by atoms with Crippen LogP contribution in [0.25, 0.3) is 17.1 Å². The van der Waals surface area contributed by atoms with E-state index in [0.717, 1.165) is 59.2 Å². The highest BCUT2D eigenvalue weighted by Crippen LogP contribution is 2.34. The second-order valence-electron chi connectivity index (χ2n) is 7.24. The number of hydrogen-bond acceptors (Lipinski definition) is 5. The summed E-state index contributed by atoms with van der Waals surface area (Å²) in [6.07, 6.45) is 4.11. The summed E-state index contributed by atoms with van der Waals surface area (Å²) in [5, 5.41) is 5.32. The average Bonchev–Trinajstić information content (AvgIpc) is 3.36. The molecule has 2 aromatic heterocycles. The van der Waals surface area contributed by atoms with Gasteiger partial charge in [0, 0.05) is 23.2 Å². The highest BCUT2D eigenvalue weighted by Gasteiger charge is 2.28. The van der Waals surface area contributed by atoms with Crippen LogP contribution in [0.15, 0.2) is 29.0 Å². The predicted octanol–water partition coefficient (Wildman–Crippen LogP) is 3.52. The molecule has 0 unspecified atom stereocenters. The molecule has 2 aliphatic rings. The predicted molar refractivity (Wildman–Crippen MR) is 110 cm³/mol. The molecule has 3 aromatic rings. The van der Waals surface area contributed by atoms with Crippen LogP contribution in [-0.4, -0.2) is 55.5 Å². The Morgan fingerprint density at radius 3 is 3.11 bits per heavy atom. The molecule has 2 aliphatic heterocycles. The third-order valence-corrected chi connectivity index (χ3v) is 6.30. The molecule has 0 N–H and O–H groups in total. The van der Waals surface area contributed by atoms with Gasteiger partial charge in [0.1, 0.15) is 6.33 Å². The first-order chi connectivity index (χ1) is 13.6. The number of nitrogens with zero attached hydrogens (tertiary/aromatic N) is 6. The fourth-order valence-corrected chi connectivity index (χ4v) is 4.73. The van der Waals surface area contributed by atoms with Gasteiger partial charge in [0.05, 0.1) is 31.1 Å². The molecule has 5 rings (SSSR count). The molecular weight excluding hydrogens is 444 g/mol. The second-order valence-corrected chi connectivity index (χ2v) is 8.52. The normalized spacial score (nSPS) is 18.6. The molecule has 9 heteroatoms. The van der Waals surface area contributed by atoms with Crippen molar-refractivity contribution in [2.75, 3.05) is 20.3 Å². The van der Waals surface area contributed by atoms with E-state index >= 15 is 0 Å². The zero-order chi connectivity index (χ0) is 19.3. The minimum absolute atomic E-state index is 0.436. The molecule has 146 valence electrons. The van der Waals surface area contributed by atoms with E-state index in [1.807, 2.05) is 15.3 Å². The Kier molecular flexibility index (Phi) is 4.74. The molecule has 7 nitrogen and oxygen atoms in total. The lowest BCUT2D eigenvalue weighted by Gasteiger charge is -2.22. The number of hydrogen-bond donors (Lipinski definition) is 0. The van der Waals surface area contributed by atoms with E-state index in [0.29, 0.717) is 17.7 Å². The molecule has 1 fully saturated rings. The Labute approximate surface area is 176 Å². The molecule has 0 spiro atoms. The van der Waals surface area contributed by atoms with Gasteiger partial charge in [-0.05, 0) is 37.6 Å². The van der Waals surface area contributed by atoms with Gasteiger partial charge >= 0.3 is 0 Å². The Morgan fingerprint density at radius 1 is 1.36 bits per heavy atom. The van der Waals surface area contributed by atoms with Crippen molar-refractivity contribution in [3.63, 3.8) is 0 Å². The molecular formula is C19H20BrClN6O. The van der Waals surface area contributed by atoms with Crippen LogP contribution in [0.4, 0.5) is 0 Å². The molecule has 1 atom stereocenters. The molecule has 28 heavy (non-hydrogen) atoms. The van der Waals surface area contributed by atoms with Crippen molar-refractivity contribution in [1.82, 2.24) is 29.2 Å². The lowest BCUT2D eigenvalue weighted by Crippen LogP contribution is -2.32. The SMILES string of the molecule is COC[C@@H]1CCCN1Cc1nc2n(n1)Cc1c(Cl)ncn1-c1ccc(Br)cc1-2. The van der Waals surface area contributed by atoms with Gasteiger partial charge in [0.25, 0.3) is 0 Å². The van der Waals surface area contributed by atoms with Crippen LogP contribution >= 0.6 is 27.5 Å². The molecule has 4 heterocycles. The zero-order valence-electron chi connectivity index (χ0n) is 15.5. The van der Waals surface area contributed by atoms with E-state index in [9.17, 15) is 0 Å². The number of ether oxygens (including phenoxy) is 1. The summed E-state index contributed by atoms with van der Waals surface area (Å²) in [5.74, 6) is 1.68. The van der Waals surface area contributed by atoms with Crippen molar-refractivity contribution in [2.24, 2.45) is 0 Å². The Hall–Kier alpha value is -1.74. The van der Waals surface area contributed by atoms with Crippen LogP contribution < -0.4 is 0 Å².